The van der Waals surface area contributed by atoms with E-state index in [-0.39, 0.29) is 17.9 Å². The fraction of sp³-hybridized carbons (Fsp3) is 0.273. The van der Waals surface area contributed by atoms with Gasteiger partial charge in [0.2, 0.25) is 0 Å². The number of hydrogen-bond donors (Lipinski definition) is 1. The molecule has 0 saturated carbocycles. The van der Waals surface area contributed by atoms with Gasteiger partial charge in [-0.3, -0.25) is 15.2 Å². The van der Waals surface area contributed by atoms with Gasteiger partial charge in [0.05, 0.1) is 16.8 Å². The first-order chi connectivity index (χ1) is 14.0. The van der Waals surface area contributed by atoms with Gasteiger partial charge in [0.15, 0.2) is 0 Å². The van der Waals surface area contributed by atoms with Crippen molar-refractivity contribution in [1.82, 2.24) is 10.4 Å². The van der Waals surface area contributed by atoms with Crippen LogP contribution in [0.3, 0.4) is 0 Å². The second-order valence-electron chi connectivity index (χ2n) is 7.21. The number of anilines is 1. The predicted molar refractivity (Wildman–Crippen MR) is 118 cm³/mol. The molecule has 5 nitrogen and oxygen atoms in total. The Balaban J connectivity index is 1.67. The summed E-state index contributed by atoms with van der Waals surface area (Å²) >= 11 is 12.5. The Kier molecular flexibility index (Phi) is 5.90. The van der Waals surface area contributed by atoms with Crippen LogP contribution in [0.4, 0.5) is 5.69 Å². The zero-order chi connectivity index (χ0) is 20.4. The van der Waals surface area contributed by atoms with Gasteiger partial charge in [-0.25, -0.2) is 5.01 Å². The average Bonchev–Trinajstić information content (AvgIpc) is 3.07. The van der Waals surface area contributed by atoms with Gasteiger partial charge >= 0.3 is 0 Å². The molecule has 0 unspecified atom stereocenters. The maximum Gasteiger partial charge on any atom is 0.282 e. The zero-order valence-electron chi connectivity index (χ0n) is 16.1. The highest BCUT2D eigenvalue weighted by atomic mass is 35.5. The maximum atomic E-state index is 13.0. The normalized spacial score (nSPS) is 21.9. The van der Waals surface area contributed by atoms with Crippen molar-refractivity contribution in [3.8, 4) is 0 Å². The topological polar surface area (TPSA) is 47.9 Å². The van der Waals surface area contributed by atoms with Crippen molar-refractivity contribution in [2.45, 2.75) is 19.4 Å². The van der Waals surface area contributed by atoms with Gasteiger partial charge in [0, 0.05) is 24.0 Å². The molecule has 2 aliphatic heterocycles. The zero-order valence-corrected chi connectivity index (χ0v) is 17.6. The second-order valence-corrected chi connectivity index (χ2v) is 8.06. The highest BCUT2D eigenvalue weighted by Gasteiger charge is 2.40. The van der Waals surface area contributed by atoms with E-state index in [0.29, 0.717) is 22.3 Å². The molecule has 2 atom stereocenters. The van der Waals surface area contributed by atoms with E-state index in [1.807, 2.05) is 65.5 Å². The van der Waals surface area contributed by atoms with E-state index in [2.05, 4.69) is 17.6 Å². The van der Waals surface area contributed by atoms with Crippen LogP contribution >= 0.6 is 23.2 Å². The Morgan fingerprint density at radius 2 is 1.86 bits per heavy atom. The van der Waals surface area contributed by atoms with Gasteiger partial charge in [-0.15, -0.1) is 0 Å². The van der Waals surface area contributed by atoms with E-state index < -0.39 is 0 Å². The van der Waals surface area contributed by atoms with Gasteiger partial charge in [-0.2, -0.15) is 5.10 Å². The summed E-state index contributed by atoms with van der Waals surface area (Å²) in [6, 6.07) is 15.0. The molecular weight excluding hydrogens is 407 g/mol. The SMILES string of the molecule is C[C@@H]1C(C(=O)NN2CC=CCC2)=NN(c2ccccc2Cl)[C@@H]1c1ccc(Cl)cc1. The summed E-state index contributed by atoms with van der Waals surface area (Å²) in [5, 5.41) is 9.74. The molecule has 0 saturated heterocycles. The third-order valence-electron chi connectivity index (χ3n) is 5.25. The fourth-order valence-electron chi connectivity index (χ4n) is 3.76. The van der Waals surface area contributed by atoms with E-state index in [1.165, 1.54) is 0 Å². The lowest BCUT2D eigenvalue weighted by molar-refractivity contribution is -0.119. The molecule has 2 aliphatic rings. The van der Waals surface area contributed by atoms with Crippen LogP contribution < -0.4 is 10.4 Å². The van der Waals surface area contributed by atoms with Crippen LogP contribution in [0.1, 0.15) is 24.9 Å². The lowest BCUT2D eigenvalue weighted by Gasteiger charge is -2.27. The van der Waals surface area contributed by atoms with Crippen LogP contribution in [0, 0.1) is 5.92 Å². The number of halogens is 2. The molecule has 1 amide bonds. The van der Waals surface area contributed by atoms with Crippen molar-refractivity contribution >= 4 is 40.5 Å². The molecular formula is C22H22Cl2N4O. The van der Waals surface area contributed by atoms with E-state index in [9.17, 15) is 4.79 Å². The van der Waals surface area contributed by atoms with Crippen LogP contribution in [0.25, 0.3) is 0 Å². The van der Waals surface area contributed by atoms with Crippen LogP contribution in [0.2, 0.25) is 10.0 Å². The van der Waals surface area contributed by atoms with Crippen molar-refractivity contribution in [3.05, 3.63) is 76.3 Å². The number of para-hydroxylation sites is 1. The molecule has 0 radical (unpaired) electrons. The van der Waals surface area contributed by atoms with E-state index in [1.54, 1.807) is 0 Å². The summed E-state index contributed by atoms with van der Waals surface area (Å²) in [6.07, 6.45) is 5.09. The van der Waals surface area contributed by atoms with Crippen molar-refractivity contribution in [2.24, 2.45) is 11.0 Å². The monoisotopic (exact) mass is 428 g/mol. The van der Waals surface area contributed by atoms with Gasteiger partial charge < -0.3 is 0 Å². The Hall–Kier alpha value is -2.34. The van der Waals surface area contributed by atoms with Crippen molar-refractivity contribution in [2.75, 3.05) is 18.1 Å². The minimum atomic E-state index is -0.179. The summed E-state index contributed by atoms with van der Waals surface area (Å²) in [5.41, 5.74) is 5.27. The highest BCUT2D eigenvalue weighted by Crippen LogP contribution is 2.41. The first-order valence-corrected chi connectivity index (χ1v) is 10.4. The molecule has 29 heavy (non-hydrogen) atoms. The molecule has 0 fully saturated rings. The summed E-state index contributed by atoms with van der Waals surface area (Å²) in [7, 11) is 0. The predicted octanol–water partition coefficient (Wildman–Crippen LogP) is 4.84. The molecule has 150 valence electrons. The molecule has 0 aromatic heterocycles. The molecule has 7 heteroatoms. The Morgan fingerprint density at radius 1 is 1.10 bits per heavy atom. The number of hydrogen-bond acceptors (Lipinski definition) is 4. The van der Waals surface area contributed by atoms with Gasteiger partial charge in [0.25, 0.3) is 5.91 Å². The molecule has 0 aliphatic carbocycles. The highest BCUT2D eigenvalue weighted by molar-refractivity contribution is 6.40. The first kappa shape index (κ1) is 20.0. The summed E-state index contributed by atoms with van der Waals surface area (Å²) < 4.78 is 0. The molecule has 2 aromatic rings. The van der Waals surface area contributed by atoms with Gasteiger partial charge in [0.1, 0.15) is 5.71 Å². The van der Waals surface area contributed by atoms with Crippen molar-refractivity contribution in [1.29, 1.82) is 0 Å². The number of rotatable bonds is 4. The number of benzene rings is 2. The average molecular weight is 429 g/mol. The number of amides is 1. The second kappa shape index (κ2) is 8.57. The minimum absolute atomic E-state index is 0.132. The van der Waals surface area contributed by atoms with Crippen LogP contribution in [0.5, 0.6) is 0 Å². The van der Waals surface area contributed by atoms with E-state index >= 15 is 0 Å². The number of carbonyl (C=O) groups is 1. The number of carbonyl (C=O) groups excluding carboxylic acids is 1. The largest absolute Gasteiger partial charge is 0.283 e. The van der Waals surface area contributed by atoms with Crippen LogP contribution in [-0.4, -0.2) is 29.7 Å². The van der Waals surface area contributed by atoms with Gasteiger partial charge in [-0.05, 0) is 36.2 Å². The maximum absolute atomic E-state index is 13.0. The smallest absolute Gasteiger partial charge is 0.282 e. The number of hydrazone groups is 1. The Labute approximate surface area is 180 Å². The molecule has 2 heterocycles. The van der Waals surface area contributed by atoms with Crippen LogP contribution in [0.15, 0.2) is 65.8 Å². The summed E-state index contributed by atoms with van der Waals surface area (Å²) in [4.78, 5) is 13.0. The summed E-state index contributed by atoms with van der Waals surface area (Å²) in [5.74, 6) is -0.311. The standard InChI is InChI=1S/C22H22Cl2N4O/c1-15-20(22(29)26-27-13-5-2-6-14-27)25-28(19-8-4-3-7-18(19)24)21(15)16-9-11-17(23)12-10-16/h2-5,7-12,15,21H,6,13-14H2,1H3,(H,26,29)/t15-,21+/m1/s1. The third kappa shape index (κ3) is 4.17. The molecule has 2 aromatic carbocycles. The van der Waals surface area contributed by atoms with Gasteiger partial charge in [-0.1, -0.05) is 66.5 Å². The Morgan fingerprint density at radius 3 is 2.55 bits per heavy atom. The fourth-order valence-corrected chi connectivity index (χ4v) is 4.11. The minimum Gasteiger partial charge on any atom is -0.283 e. The quantitative estimate of drug-likeness (QED) is 0.708. The van der Waals surface area contributed by atoms with E-state index in [0.717, 1.165) is 24.2 Å². The number of nitrogens with one attached hydrogen (secondary N) is 1. The number of hydrazine groups is 1. The van der Waals surface area contributed by atoms with Crippen molar-refractivity contribution < 1.29 is 4.79 Å². The third-order valence-corrected chi connectivity index (χ3v) is 5.82. The summed E-state index contributed by atoms with van der Waals surface area (Å²) in [6.45, 7) is 3.51. The Bertz CT molecular complexity index is 958. The first-order valence-electron chi connectivity index (χ1n) is 9.63. The molecule has 4 rings (SSSR count). The number of nitrogens with zero attached hydrogens (tertiary/aromatic N) is 3. The van der Waals surface area contributed by atoms with Crippen LogP contribution in [-0.2, 0) is 4.79 Å². The lowest BCUT2D eigenvalue weighted by atomic mass is 9.91. The molecule has 0 bridgehead atoms. The molecule has 1 N–H and O–H groups in total. The van der Waals surface area contributed by atoms with E-state index in [4.69, 9.17) is 28.3 Å². The lowest BCUT2D eigenvalue weighted by Crippen LogP contribution is -2.47. The van der Waals surface area contributed by atoms with Crippen molar-refractivity contribution in [3.63, 3.8) is 0 Å². The molecule has 0 spiro atoms.